The van der Waals surface area contributed by atoms with Gasteiger partial charge in [0.2, 0.25) is 11.8 Å². The van der Waals surface area contributed by atoms with Gasteiger partial charge in [0.25, 0.3) is 0 Å². The number of hydrogen-bond acceptors (Lipinski definition) is 3. The van der Waals surface area contributed by atoms with Crippen LogP contribution in [0.25, 0.3) is 0 Å². The Balaban J connectivity index is 2.05. The van der Waals surface area contributed by atoms with Gasteiger partial charge in [-0.25, -0.2) is 0 Å². The molecule has 2 amide bonds. The summed E-state index contributed by atoms with van der Waals surface area (Å²) in [5.74, 6) is 0.445. The number of amides is 2. The summed E-state index contributed by atoms with van der Waals surface area (Å²) >= 11 is 0. The molecule has 0 radical (unpaired) electrons. The summed E-state index contributed by atoms with van der Waals surface area (Å²) in [6.07, 6.45) is 0. The van der Waals surface area contributed by atoms with Crippen molar-refractivity contribution < 1.29 is 14.3 Å². The lowest BCUT2D eigenvalue weighted by molar-refractivity contribution is -0.130. The molecule has 5 nitrogen and oxygen atoms in total. The van der Waals surface area contributed by atoms with Crippen LogP contribution in [0.2, 0.25) is 0 Å². The number of benzene rings is 2. The Morgan fingerprint density at radius 3 is 2.20 bits per heavy atom. The highest BCUT2D eigenvalue weighted by Gasteiger charge is 2.18. The van der Waals surface area contributed by atoms with Gasteiger partial charge in [0.05, 0.1) is 6.61 Å². The van der Waals surface area contributed by atoms with Gasteiger partial charge >= 0.3 is 0 Å². The molecule has 0 aliphatic heterocycles. The lowest BCUT2D eigenvalue weighted by Gasteiger charge is -2.24. The van der Waals surface area contributed by atoms with Crippen LogP contribution in [0.3, 0.4) is 0 Å². The van der Waals surface area contributed by atoms with Crippen molar-refractivity contribution in [3.05, 3.63) is 60.2 Å². The standard InChI is InChI=1S/C20H24N2O3/c1-4-25-19-12-10-18(11-13-19)22(16(2)23)15-20(24)21(3)14-17-8-6-5-7-9-17/h5-13H,4,14-15H2,1-3H3. The lowest BCUT2D eigenvalue weighted by atomic mass is 10.2. The van der Waals surface area contributed by atoms with Crippen LogP contribution in [0, 0.1) is 0 Å². The molecule has 132 valence electrons. The highest BCUT2D eigenvalue weighted by atomic mass is 16.5. The Morgan fingerprint density at radius 1 is 1.00 bits per heavy atom. The van der Waals surface area contributed by atoms with Gasteiger partial charge in [-0.1, -0.05) is 30.3 Å². The highest BCUT2D eigenvalue weighted by Crippen LogP contribution is 2.20. The molecule has 0 atom stereocenters. The number of ether oxygens (including phenoxy) is 1. The maximum absolute atomic E-state index is 12.5. The van der Waals surface area contributed by atoms with Crippen LogP contribution in [0.15, 0.2) is 54.6 Å². The van der Waals surface area contributed by atoms with Crippen molar-refractivity contribution in [3.8, 4) is 5.75 Å². The molecule has 0 aliphatic rings. The maximum Gasteiger partial charge on any atom is 0.242 e. The minimum atomic E-state index is -0.175. The summed E-state index contributed by atoms with van der Waals surface area (Å²) in [6, 6.07) is 16.9. The molecule has 5 heteroatoms. The normalized spacial score (nSPS) is 10.2. The minimum Gasteiger partial charge on any atom is -0.494 e. The second-order valence-electron chi connectivity index (χ2n) is 5.77. The number of carbonyl (C=O) groups excluding carboxylic acids is 2. The molecule has 0 aromatic heterocycles. The fourth-order valence-electron chi connectivity index (χ4n) is 2.47. The van der Waals surface area contributed by atoms with E-state index in [2.05, 4.69) is 0 Å². The van der Waals surface area contributed by atoms with E-state index in [0.29, 0.717) is 18.8 Å². The second kappa shape index (κ2) is 8.87. The lowest BCUT2D eigenvalue weighted by Crippen LogP contribution is -2.40. The van der Waals surface area contributed by atoms with Crippen molar-refractivity contribution >= 4 is 17.5 Å². The smallest absolute Gasteiger partial charge is 0.242 e. The Kier molecular flexibility index (Phi) is 6.57. The number of anilines is 1. The van der Waals surface area contributed by atoms with Gasteiger partial charge < -0.3 is 14.5 Å². The number of rotatable bonds is 7. The maximum atomic E-state index is 12.5. The third-order valence-electron chi connectivity index (χ3n) is 3.82. The Morgan fingerprint density at radius 2 is 1.64 bits per heavy atom. The fraction of sp³-hybridized carbons (Fsp3) is 0.300. The molecule has 0 saturated heterocycles. The molecule has 25 heavy (non-hydrogen) atoms. The molecule has 2 aromatic carbocycles. The van der Waals surface area contributed by atoms with Crippen LogP contribution in [0.4, 0.5) is 5.69 Å². The first-order chi connectivity index (χ1) is 12.0. The van der Waals surface area contributed by atoms with Gasteiger partial charge in [0.15, 0.2) is 0 Å². The summed E-state index contributed by atoms with van der Waals surface area (Å²) in [4.78, 5) is 27.6. The van der Waals surface area contributed by atoms with E-state index in [1.807, 2.05) is 37.3 Å². The zero-order chi connectivity index (χ0) is 18.2. The SMILES string of the molecule is CCOc1ccc(N(CC(=O)N(C)Cc2ccccc2)C(C)=O)cc1. The first-order valence-corrected chi connectivity index (χ1v) is 8.30. The first kappa shape index (κ1) is 18.5. The number of carbonyl (C=O) groups is 2. The topological polar surface area (TPSA) is 49.9 Å². The van der Waals surface area contributed by atoms with Gasteiger partial charge in [-0.2, -0.15) is 0 Å². The monoisotopic (exact) mass is 340 g/mol. The predicted octanol–water partition coefficient (Wildman–Crippen LogP) is 3.10. The zero-order valence-electron chi connectivity index (χ0n) is 14.9. The predicted molar refractivity (Wildman–Crippen MR) is 98.6 cm³/mol. The van der Waals surface area contributed by atoms with E-state index < -0.39 is 0 Å². The van der Waals surface area contributed by atoms with Crippen LogP contribution >= 0.6 is 0 Å². The van der Waals surface area contributed by atoms with Crippen molar-refractivity contribution in [2.45, 2.75) is 20.4 Å². The Hall–Kier alpha value is -2.82. The van der Waals surface area contributed by atoms with Gasteiger partial charge in [0, 0.05) is 26.2 Å². The zero-order valence-corrected chi connectivity index (χ0v) is 14.9. The quantitative estimate of drug-likeness (QED) is 0.778. The van der Waals surface area contributed by atoms with Gasteiger partial charge in [-0.15, -0.1) is 0 Å². The van der Waals surface area contributed by atoms with Crippen molar-refractivity contribution in [1.29, 1.82) is 0 Å². The Labute approximate surface area is 148 Å². The van der Waals surface area contributed by atoms with Crippen LogP contribution in [-0.2, 0) is 16.1 Å². The summed E-state index contributed by atoms with van der Waals surface area (Å²) in [6.45, 7) is 4.47. The molecule has 0 fully saturated rings. The van der Waals surface area contributed by atoms with Crippen LogP contribution in [0.1, 0.15) is 19.4 Å². The summed E-state index contributed by atoms with van der Waals surface area (Å²) in [5.41, 5.74) is 1.73. The number of nitrogens with zero attached hydrogens (tertiary/aromatic N) is 2. The molecular weight excluding hydrogens is 316 g/mol. The van der Waals surface area contributed by atoms with Crippen LogP contribution in [0.5, 0.6) is 5.75 Å². The molecule has 0 aliphatic carbocycles. The number of likely N-dealkylation sites (N-methyl/N-ethyl adjacent to an activating group) is 1. The molecular formula is C20H24N2O3. The average Bonchev–Trinajstić information content (AvgIpc) is 2.61. The molecule has 0 saturated carbocycles. The molecule has 0 N–H and O–H groups in total. The van der Waals surface area contributed by atoms with E-state index in [9.17, 15) is 9.59 Å². The fourth-order valence-corrected chi connectivity index (χ4v) is 2.47. The van der Waals surface area contributed by atoms with E-state index in [-0.39, 0.29) is 18.4 Å². The molecule has 0 spiro atoms. The van der Waals surface area contributed by atoms with E-state index in [1.165, 1.54) is 11.8 Å². The first-order valence-electron chi connectivity index (χ1n) is 8.30. The highest BCUT2D eigenvalue weighted by molar-refractivity contribution is 5.97. The summed E-state index contributed by atoms with van der Waals surface area (Å²) in [7, 11) is 1.74. The van der Waals surface area contributed by atoms with Crippen LogP contribution in [-0.4, -0.2) is 36.9 Å². The average molecular weight is 340 g/mol. The van der Waals surface area contributed by atoms with Crippen molar-refractivity contribution in [3.63, 3.8) is 0 Å². The van der Waals surface area contributed by atoms with Crippen molar-refractivity contribution in [2.75, 3.05) is 25.1 Å². The third-order valence-corrected chi connectivity index (χ3v) is 3.82. The molecule has 0 unspecified atom stereocenters. The summed E-state index contributed by atoms with van der Waals surface area (Å²) < 4.78 is 5.41. The minimum absolute atomic E-state index is 0.00660. The summed E-state index contributed by atoms with van der Waals surface area (Å²) in [5, 5.41) is 0. The van der Waals surface area contributed by atoms with Gasteiger partial charge in [0.1, 0.15) is 12.3 Å². The molecule has 0 bridgehead atoms. The van der Waals surface area contributed by atoms with Crippen LogP contribution < -0.4 is 9.64 Å². The van der Waals surface area contributed by atoms with E-state index in [1.54, 1.807) is 36.2 Å². The Bertz CT molecular complexity index is 699. The van der Waals surface area contributed by atoms with Crippen molar-refractivity contribution in [2.24, 2.45) is 0 Å². The molecule has 0 heterocycles. The second-order valence-corrected chi connectivity index (χ2v) is 5.77. The van der Waals surface area contributed by atoms with E-state index in [0.717, 1.165) is 11.3 Å². The van der Waals surface area contributed by atoms with Crippen molar-refractivity contribution in [1.82, 2.24) is 4.90 Å². The molecule has 2 aromatic rings. The third kappa shape index (κ3) is 5.35. The largest absolute Gasteiger partial charge is 0.494 e. The molecule has 2 rings (SSSR count). The van der Waals surface area contributed by atoms with Gasteiger partial charge in [-0.05, 0) is 36.8 Å². The van der Waals surface area contributed by atoms with E-state index in [4.69, 9.17) is 4.74 Å². The van der Waals surface area contributed by atoms with E-state index >= 15 is 0 Å². The van der Waals surface area contributed by atoms with Gasteiger partial charge in [-0.3, -0.25) is 9.59 Å². The number of hydrogen-bond donors (Lipinski definition) is 0.